The number of carbonyl (C=O) groups is 1. The summed E-state index contributed by atoms with van der Waals surface area (Å²) < 4.78 is 4.69. The third-order valence-corrected chi connectivity index (χ3v) is 3.47. The first-order chi connectivity index (χ1) is 10.8. The van der Waals surface area contributed by atoms with Crippen LogP contribution in [-0.2, 0) is 11.3 Å². The van der Waals surface area contributed by atoms with E-state index < -0.39 is 0 Å². The van der Waals surface area contributed by atoms with Gasteiger partial charge in [-0.15, -0.1) is 0 Å². The van der Waals surface area contributed by atoms with Crippen LogP contribution in [0.3, 0.4) is 0 Å². The molecule has 110 valence electrons. The highest BCUT2D eigenvalue weighted by atomic mass is 16.5. The van der Waals surface area contributed by atoms with Gasteiger partial charge in [-0.1, -0.05) is 18.2 Å². The molecule has 0 radical (unpaired) electrons. The Labute approximate surface area is 128 Å². The molecule has 0 bridgehead atoms. The summed E-state index contributed by atoms with van der Waals surface area (Å²) in [5.41, 5.74) is 3.68. The Bertz CT molecular complexity index is 798. The fourth-order valence-electron chi connectivity index (χ4n) is 2.27. The largest absolute Gasteiger partial charge is 0.465 e. The SMILES string of the molecule is COC(=O)c1ccc(CNc2ccc3ncccc3c2)cc1. The molecule has 4 heteroatoms. The number of methoxy groups -OCH3 is 1. The number of anilines is 1. The number of nitrogens with one attached hydrogen (secondary N) is 1. The number of pyridine rings is 1. The minimum absolute atomic E-state index is 0.318. The molecule has 1 N–H and O–H groups in total. The molecule has 0 unspecified atom stereocenters. The summed E-state index contributed by atoms with van der Waals surface area (Å²) in [4.78, 5) is 15.7. The Morgan fingerprint density at radius 1 is 1.14 bits per heavy atom. The third-order valence-electron chi connectivity index (χ3n) is 3.47. The van der Waals surface area contributed by atoms with E-state index in [9.17, 15) is 4.79 Å². The van der Waals surface area contributed by atoms with Gasteiger partial charge in [-0.3, -0.25) is 4.98 Å². The van der Waals surface area contributed by atoms with Gasteiger partial charge in [-0.25, -0.2) is 4.79 Å². The van der Waals surface area contributed by atoms with E-state index in [0.29, 0.717) is 12.1 Å². The van der Waals surface area contributed by atoms with Crippen molar-refractivity contribution in [3.63, 3.8) is 0 Å². The molecular formula is C18H16N2O2. The average molecular weight is 292 g/mol. The van der Waals surface area contributed by atoms with Gasteiger partial charge in [0.1, 0.15) is 0 Å². The number of hydrogen-bond acceptors (Lipinski definition) is 4. The second-order valence-corrected chi connectivity index (χ2v) is 4.95. The van der Waals surface area contributed by atoms with Crippen LogP contribution in [0.4, 0.5) is 5.69 Å². The van der Waals surface area contributed by atoms with Crippen molar-refractivity contribution in [3.8, 4) is 0 Å². The molecule has 0 aliphatic heterocycles. The molecule has 2 aromatic carbocycles. The lowest BCUT2D eigenvalue weighted by Crippen LogP contribution is -2.03. The minimum atomic E-state index is -0.318. The Balaban J connectivity index is 1.69. The van der Waals surface area contributed by atoms with Gasteiger partial charge in [0.15, 0.2) is 0 Å². The number of esters is 1. The number of fused-ring (bicyclic) bond motifs is 1. The molecule has 4 nitrogen and oxygen atoms in total. The number of nitrogens with zero attached hydrogens (tertiary/aromatic N) is 1. The number of ether oxygens (including phenoxy) is 1. The Morgan fingerprint density at radius 2 is 1.95 bits per heavy atom. The zero-order valence-electron chi connectivity index (χ0n) is 12.2. The van der Waals surface area contributed by atoms with E-state index in [1.165, 1.54) is 7.11 Å². The number of carbonyl (C=O) groups excluding carboxylic acids is 1. The first-order valence-corrected chi connectivity index (χ1v) is 7.02. The quantitative estimate of drug-likeness (QED) is 0.746. The van der Waals surface area contributed by atoms with Crippen LogP contribution in [0.5, 0.6) is 0 Å². The first kappa shape index (κ1) is 14.1. The van der Waals surface area contributed by atoms with Crippen LogP contribution in [0.2, 0.25) is 0 Å². The molecule has 0 saturated heterocycles. The van der Waals surface area contributed by atoms with Crippen molar-refractivity contribution in [1.82, 2.24) is 4.98 Å². The van der Waals surface area contributed by atoms with Crippen LogP contribution in [0.25, 0.3) is 10.9 Å². The number of benzene rings is 2. The van der Waals surface area contributed by atoms with Crippen LogP contribution < -0.4 is 5.32 Å². The third kappa shape index (κ3) is 3.06. The predicted octanol–water partition coefficient (Wildman–Crippen LogP) is 3.63. The molecule has 1 heterocycles. The molecule has 1 aromatic heterocycles. The van der Waals surface area contributed by atoms with E-state index in [1.54, 1.807) is 18.3 Å². The zero-order chi connectivity index (χ0) is 15.4. The van der Waals surface area contributed by atoms with Gasteiger partial charge in [-0.2, -0.15) is 0 Å². The second-order valence-electron chi connectivity index (χ2n) is 4.95. The van der Waals surface area contributed by atoms with Crippen molar-refractivity contribution in [3.05, 3.63) is 71.9 Å². The maximum atomic E-state index is 11.4. The average Bonchev–Trinajstić information content (AvgIpc) is 2.59. The molecular weight excluding hydrogens is 276 g/mol. The highest BCUT2D eigenvalue weighted by Crippen LogP contribution is 2.17. The van der Waals surface area contributed by atoms with E-state index in [1.807, 2.05) is 36.4 Å². The van der Waals surface area contributed by atoms with Gasteiger partial charge in [0, 0.05) is 23.8 Å². The minimum Gasteiger partial charge on any atom is -0.465 e. The van der Waals surface area contributed by atoms with Crippen molar-refractivity contribution >= 4 is 22.6 Å². The number of rotatable bonds is 4. The molecule has 22 heavy (non-hydrogen) atoms. The summed E-state index contributed by atoms with van der Waals surface area (Å²) in [7, 11) is 1.38. The molecule has 0 aliphatic rings. The normalized spacial score (nSPS) is 10.4. The lowest BCUT2D eigenvalue weighted by Gasteiger charge is -2.08. The lowest BCUT2D eigenvalue weighted by atomic mass is 10.1. The topological polar surface area (TPSA) is 51.2 Å². The van der Waals surface area contributed by atoms with Crippen LogP contribution in [0.1, 0.15) is 15.9 Å². The van der Waals surface area contributed by atoms with Crippen molar-refractivity contribution in [2.75, 3.05) is 12.4 Å². The van der Waals surface area contributed by atoms with E-state index in [-0.39, 0.29) is 5.97 Å². The van der Waals surface area contributed by atoms with Gasteiger partial charge in [0.05, 0.1) is 18.2 Å². The first-order valence-electron chi connectivity index (χ1n) is 7.02. The van der Waals surface area contributed by atoms with Crippen LogP contribution in [-0.4, -0.2) is 18.1 Å². The summed E-state index contributed by atoms with van der Waals surface area (Å²) >= 11 is 0. The van der Waals surface area contributed by atoms with Crippen molar-refractivity contribution in [2.45, 2.75) is 6.54 Å². The molecule has 0 atom stereocenters. The Kier molecular flexibility index (Phi) is 4.01. The highest BCUT2D eigenvalue weighted by molar-refractivity contribution is 5.89. The lowest BCUT2D eigenvalue weighted by molar-refractivity contribution is 0.0600. The van der Waals surface area contributed by atoms with Crippen LogP contribution in [0.15, 0.2) is 60.8 Å². The zero-order valence-corrected chi connectivity index (χ0v) is 12.2. The Hall–Kier alpha value is -2.88. The van der Waals surface area contributed by atoms with Crippen molar-refractivity contribution in [2.24, 2.45) is 0 Å². The summed E-state index contributed by atoms with van der Waals surface area (Å²) in [6, 6.07) is 17.4. The van der Waals surface area contributed by atoms with Gasteiger partial charge < -0.3 is 10.1 Å². The molecule has 0 spiro atoms. The van der Waals surface area contributed by atoms with Crippen molar-refractivity contribution < 1.29 is 9.53 Å². The highest BCUT2D eigenvalue weighted by Gasteiger charge is 2.04. The maximum Gasteiger partial charge on any atom is 0.337 e. The van der Waals surface area contributed by atoms with E-state index in [4.69, 9.17) is 0 Å². The van der Waals surface area contributed by atoms with Gasteiger partial charge in [0.25, 0.3) is 0 Å². The number of aromatic nitrogens is 1. The van der Waals surface area contributed by atoms with Crippen molar-refractivity contribution in [1.29, 1.82) is 0 Å². The molecule has 0 aliphatic carbocycles. The molecule has 0 saturated carbocycles. The van der Waals surface area contributed by atoms with Gasteiger partial charge >= 0.3 is 5.97 Å². The summed E-state index contributed by atoms with van der Waals surface area (Å²) in [6.45, 7) is 0.688. The van der Waals surface area contributed by atoms with Gasteiger partial charge in [-0.05, 0) is 42.0 Å². The predicted molar refractivity (Wildman–Crippen MR) is 86.9 cm³/mol. The molecule has 0 amide bonds. The standard InChI is InChI=1S/C18H16N2O2/c1-22-18(21)14-6-4-13(5-7-14)12-20-16-8-9-17-15(11-16)3-2-10-19-17/h2-11,20H,12H2,1H3. The van der Waals surface area contributed by atoms with E-state index >= 15 is 0 Å². The number of hydrogen-bond donors (Lipinski definition) is 1. The molecule has 3 aromatic rings. The monoisotopic (exact) mass is 292 g/mol. The fourth-order valence-corrected chi connectivity index (χ4v) is 2.27. The van der Waals surface area contributed by atoms with Crippen LogP contribution >= 0.6 is 0 Å². The summed E-state index contributed by atoms with van der Waals surface area (Å²) in [6.07, 6.45) is 1.79. The second kappa shape index (κ2) is 6.26. The van der Waals surface area contributed by atoms with Crippen LogP contribution in [0, 0.1) is 0 Å². The maximum absolute atomic E-state index is 11.4. The van der Waals surface area contributed by atoms with E-state index in [0.717, 1.165) is 22.2 Å². The Morgan fingerprint density at radius 3 is 2.73 bits per heavy atom. The van der Waals surface area contributed by atoms with E-state index in [2.05, 4.69) is 21.1 Å². The molecule has 3 rings (SSSR count). The smallest absolute Gasteiger partial charge is 0.337 e. The fraction of sp³-hybridized carbons (Fsp3) is 0.111. The summed E-state index contributed by atoms with van der Waals surface area (Å²) in [5.74, 6) is -0.318. The summed E-state index contributed by atoms with van der Waals surface area (Å²) in [5, 5.41) is 4.48. The molecule has 0 fully saturated rings. The van der Waals surface area contributed by atoms with Gasteiger partial charge in [0.2, 0.25) is 0 Å².